The van der Waals surface area contributed by atoms with Crippen LogP contribution in [-0.4, -0.2) is 71.9 Å². The number of fused-ring (bicyclic) bond motifs is 1. The monoisotopic (exact) mass is 398 g/mol. The van der Waals surface area contributed by atoms with Crippen LogP contribution in [0.1, 0.15) is 0 Å². The number of thiophene rings is 1. The van der Waals surface area contributed by atoms with E-state index in [1.165, 1.54) is 0 Å². The molecular formula is C20H22N4O3S. The summed E-state index contributed by atoms with van der Waals surface area (Å²) in [6.45, 7) is 2.54. The molecule has 2 aromatic heterocycles. The molecule has 1 aliphatic rings. The van der Waals surface area contributed by atoms with Gasteiger partial charge >= 0.3 is 5.97 Å². The summed E-state index contributed by atoms with van der Waals surface area (Å²) in [6.07, 6.45) is -0.0722. The quantitative estimate of drug-likeness (QED) is 0.684. The smallest absolute Gasteiger partial charge is 0.317 e. The van der Waals surface area contributed by atoms with Crippen molar-refractivity contribution in [2.75, 3.05) is 44.7 Å². The Kier molecular flexibility index (Phi) is 5.52. The number of likely N-dealkylation sites (N-methyl/N-ethyl adjacent to an activating group) is 1. The maximum atomic E-state index is 10.9. The maximum Gasteiger partial charge on any atom is 0.317 e. The minimum absolute atomic E-state index is 0.00117. The normalized spacial score (nSPS) is 17.4. The predicted molar refractivity (Wildman–Crippen MR) is 110 cm³/mol. The third-order valence-corrected chi connectivity index (χ3v) is 5.55. The first-order valence-corrected chi connectivity index (χ1v) is 10.1. The Hall–Kier alpha value is -2.55. The van der Waals surface area contributed by atoms with E-state index in [9.17, 15) is 4.79 Å². The van der Waals surface area contributed by atoms with Gasteiger partial charge in [0.2, 0.25) is 0 Å². The lowest BCUT2D eigenvalue weighted by molar-refractivity contribution is -0.138. The summed E-state index contributed by atoms with van der Waals surface area (Å²) >= 11 is 1.62. The number of rotatable bonds is 6. The number of carboxylic acids is 1. The van der Waals surface area contributed by atoms with E-state index in [-0.39, 0.29) is 12.6 Å². The van der Waals surface area contributed by atoms with Crippen molar-refractivity contribution in [3.63, 3.8) is 0 Å². The fourth-order valence-electron chi connectivity index (χ4n) is 3.48. The van der Waals surface area contributed by atoms with Gasteiger partial charge in [-0.2, -0.15) is 0 Å². The molecule has 28 heavy (non-hydrogen) atoms. The number of hydrogen-bond donors (Lipinski definition) is 1. The summed E-state index contributed by atoms with van der Waals surface area (Å²) in [5, 5.41) is 12.0. The number of aliphatic carboxylic acids is 1. The van der Waals surface area contributed by atoms with Crippen LogP contribution >= 0.6 is 11.3 Å². The highest BCUT2D eigenvalue weighted by Gasteiger charge is 2.25. The first kappa shape index (κ1) is 18.8. The molecule has 0 radical (unpaired) electrons. The van der Waals surface area contributed by atoms with Gasteiger partial charge in [0.15, 0.2) is 5.82 Å². The molecule has 0 spiro atoms. The molecule has 3 heterocycles. The molecule has 146 valence electrons. The Labute approximate surface area is 167 Å². The van der Waals surface area contributed by atoms with Crippen molar-refractivity contribution in [1.29, 1.82) is 0 Å². The molecule has 3 aromatic rings. The number of para-hydroxylation sites is 1. The molecular weight excluding hydrogens is 376 g/mol. The SMILES string of the molecule is CN(CC(=O)O)CC1CN(c2nc(-c3cccs3)nc3ccccc23)CCO1. The van der Waals surface area contributed by atoms with Gasteiger partial charge in [0.25, 0.3) is 0 Å². The Morgan fingerprint density at radius 2 is 2.18 bits per heavy atom. The number of hydrogen-bond acceptors (Lipinski definition) is 7. The topological polar surface area (TPSA) is 78.8 Å². The fourth-order valence-corrected chi connectivity index (χ4v) is 4.14. The van der Waals surface area contributed by atoms with Gasteiger partial charge < -0.3 is 14.7 Å². The molecule has 7 nitrogen and oxygen atoms in total. The lowest BCUT2D eigenvalue weighted by atomic mass is 10.2. The third-order valence-electron chi connectivity index (χ3n) is 4.68. The van der Waals surface area contributed by atoms with Crippen LogP contribution < -0.4 is 4.90 Å². The van der Waals surface area contributed by atoms with Gasteiger partial charge in [-0.1, -0.05) is 18.2 Å². The zero-order valence-corrected chi connectivity index (χ0v) is 16.4. The van der Waals surface area contributed by atoms with E-state index in [4.69, 9.17) is 19.8 Å². The zero-order chi connectivity index (χ0) is 19.5. The van der Waals surface area contributed by atoms with Gasteiger partial charge in [-0.25, -0.2) is 9.97 Å². The number of ether oxygens (including phenoxy) is 1. The molecule has 1 saturated heterocycles. The van der Waals surface area contributed by atoms with E-state index in [0.717, 1.165) is 34.0 Å². The van der Waals surface area contributed by atoms with Crippen LogP contribution in [0.2, 0.25) is 0 Å². The van der Waals surface area contributed by atoms with Crippen molar-refractivity contribution in [1.82, 2.24) is 14.9 Å². The van der Waals surface area contributed by atoms with Gasteiger partial charge in [-0.15, -0.1) is 11.3 Å². The van der Waals surface area contributed by atoms with E-state index in [1.807, 2.05) is 41.8 Å². The number of aromatic nitrogens is 2. The van der Waals surface area contributed by atoms with Crippen molar-refractivity contribution in [3.05, 3.63) is 41.8 Å². The minimum Gasteiger partial charge on any atom is -0.480 e. The molecule has 1 aromatic carbocycles. The molecule has 8 heteroatoms. The standard InChI is InChI=1S/C20H22N4O3S/c1-23(13-18(25)26)11-14-12-24(8-9-27-14)20-15-5-2-3-6-16(15)21-19(22-20)17-7-4-10-28-17/h2-7,10,14H,8-9,11-13H2,1H3,(H,25,26). The Morgan fingerprint density at radius 1 is 1.32 bits per heavy atom. The summed E-state index contributed by atoms with van der Waals surface area (Å²) in [7, 11) is 1.80. The Morgan fingerprint density at radius 3 is 2.96 bits per heavy atom. The fraction of sp³-hybridized carbons (Fsp3) is 0.350. The Balaban J connectivity index is 1.63. The van der Waals surface area contributed by atoms with E-state index in [0.29, 0.717) is 19.7 Å². The second-order valence-electron chi connectivity index (χ2n) is 6.89. The van der Waals surface area contributed by atoms with Crippen LogP contribution in [0.3, 0.4) is 0 Å². The van der Waals surface area contributed by atoms with Crippen LogP contribution in [0.5, 0.6) is 0 Å². The van der Waals surface area contributed by atoms with E-state index >= 15 is 0 Å². The highest BCUT2D eigenvalue weighted by molar-refractivity contribution is 7.13. The first-order valence-electron chi connectivity index (χ1n) is 9.17. The number of nitrogens with zero attached hydrogens (tertiary/aromatic N) is 4. The number of morpholine rings is 1. The predicted octanol–water partition coefficient (Wildman–Crippen LogP) is 2.58. The number of carbonyl (C=O) groups is 1. The third kappa shape index (κ3) is 4.14. The number of benzene rings is 1. The summed E-state index contributed by atoms with van der Waals surface area (Å²) < 4.78 is 5.88. The molecule has 1 fully saturated rings. The largest absolute Gasteiger partial charge is 0.480 e. The maximum absolute atomic E-state index is 10.9. The highest BCUT2D eigenvalue weighted by Crippen LogP contribution is 2.30. The van der Waals surface area contributed by atoms with Crippen LogP contribution in [0, 0.1) is 0 Å². The summed E-state index contributed by atoms with van der Waals surface area (Å²) in [6, 6.07) is 12.1. The molecule has 1 N–H and O–H groups in total. The van der Waals surface area contributed by atoms with Gasteiger partial charge in [0.1, 0.15) is 5.82 Å². The Bertz CT molecular complexity index is 963. The molecule has 0 aliphatic carbocycles. The van der Waals surface area contributed by atoms with E-state index < -0.39 is 5.97 Å². The van der Waals surface area contributed by atoms with Crippen molar-refractivity contribution in [2.45, 2.75) is 6.10 Å². The zero-order valence-electron chi connectivity index (χ0n) is 15.6. The minimum atomic E-state index is -0.836. The summed E-state index contributed by atoms with van der Waals surface area (Å²) in [5.41, 5.74) is 0.918. The van der Waals surface area contributed by atoms with E-state index in [2.05, 4.69) is 4.90 Å². The van der Waals surface area contributed by atoms with Gasteiger partial charge in [-0.05, 0) is 30.6 Å². The van der Waals surface area contributed by atoms with Crippen molar-refractivity contribution < 1.29 is 14.6 Å². The number of anilines is 1. The molecule has 4 rings (SSSR count). The lowest BCUT2D eigenvalue weighted by Crippen LogP contribution is -2.48. The average molecular weight is 398 g/mol. The average Bonchev–Trinajstić information content (AvgIpc) is 3.21. The summed E-state index contributed by atoms with van der Waals surface area (Å²) in [5.74, 6) is 0.801. The second-order valence-corrected chi connectivity index (χ2v) is 7.84. The molecule has 0 amide bonds. The van der Waals surface area contributed by atoms with Crippen LogP contribution in [0.25, 0.3) is 21.6 Å². The van der Waals surface area contributed by atoms with Gasteiger partial charge in [0, 0.05) is 25.0 Å². The molecule has 1 aliphatic heterocycles. The highest BCUT2D eigenvalue weighted by atomic mass is 32.1. The molecule has 1 unspecified atom stereocenters. The summed E-state index contributed by atoms with van der Waals surface area (Å²) in [4.78, 5) is 25.6. The van der Waals surface area contributed by atoms with Crippen molar-refractivity contribution in [2.24, 2.45) is 0 Å². The first-order chi connectivity index (χ1) is 13.6. The van der Waals surface area contributed by atoms with Gasteiger partial charge in [0.05, 0.1) is 29.6 Å². The van der Waals surface area contributed by atoms with Crippen LogP contribution in [0.15, 0.2) is 41.8 Å². The van der Waals surface area contributed by atoms with E-state index in [1.54, 1.807) is 23.3 Å². The van der Waals surface area contributed by atoms with Crippen molar-refractivity contribution in [3.8, 4) is 10.7 Å². The van der Waals surface area contributed by atoms with Gasteiger partial charge in [-0.3, -0.25) is 9.69 Å². The number of carboxylic acid groups (broad SMARTS) is 1. The van der Waals surface area contributed by atoms with Crippen LogP contribution in [-0.2, 0) is 9.53 Å². The lowest BCUT2D eigenvalue weighted by Gasteiger charge is -2.35. The molecule has 1 atom stereocenters. The molecule has 0 bridgehead atoms. The van der Waals surface area contributed by atoms with Crippen molar-refractivity contribution >= 4 is 34.0 Å². The second kappa shape index (κ2) is 8.22. The molecule has 0 saturated carbocycles. The van der Waals surface area contributed by atoms with Crippen LogP contribution in [0.4, 0.5) is 5.82 Å².